The van der Waals surface area contributed by atoms with Crippen LogP contribution in [-0.2, 0) is 0 Å². The highest BCUT2D eigenvalue weighted by Gasteiger charge is 1.92. The zero-order valence-electron chi connectivity index (χ0n) is 10.2. The number of hydrogen-bond donors (Lipinski definition) is 5. The fraction of sp³-hybridized carbons (Fsp3) is 0.800. The standard InChI is InChI=1S/2C4H10N2.C2H3N3/c2*1-2-6-4-3-5-1;1-2-4-5-3-1/h2*5-6H,1-4H2;1-2H,(H,3,4,5). The Bertz CT molecular complexity index is 166. The zero-order chi connectivity index (χ0) is 12.0. The zero-order valence-corrected chi connectivity index (χ0v) is 10.2. The SMILES string of the molecule is C1CNCCN1.C1CNCCN1.c1cn[nH]n1. The number of hydrogen-bond acceptors (Lipinski definition) is 6. The predicted octanol–water partition coefficient (Wildman–Crippen LogP) is -1.84. The van der Waals surface area contributed by atoms with E-state index >= 15 is 0 Å². The second-order valence-corrected chi connectivity index (χ2v) is 3.66. The minimum Gasteiger partial charge on any atom is -0.314 e. The van der Waals surface area contributed by atoms with E-state index in [0.717, 1.165) is 52.4 Å². The van der Waals surface area contributed by atoms with E-state index in [-0.39, 0.29) is 0 Å². The van der Waals surface area contributed by atoms with E-state index in [4.69, 9.17) is 0 Å². The molecule has 0 unspecified atom stereocenters. The lowest BCUT2D eigenvalue weighted by Crippen LogP contribution is -2.39. The molecule has 0 aliphatic carbocycles. The van der Waals surface area contributed by atoms with Crippen LogP contribution in [0, 0.1) is 0 Å². The fourth-order valence-corrected chi connectivity index (χ4v) is 1.37. The van der Waals surface area contributed by atoms with Crippen LogP contribution >= 0.6 is 0 Å². The third-order valence-electron chi connectivity index (χ3n) is 2.25. The normalized spacial score (nSPS) is 19.3. The van der Waals surface area contributed by atoms with Crippen LogP contribution in [0.2, 0.25) is 0 Å². The molecule has 5 N–H and O–H groups in total. The highest BCUT2D eigenvalue weighted by Crippen LogP contribution is 1.66. The van der Waals surface area contributed by atoms with E-state index in [1.807, 2.05) is 0 Å². The summed E-state index contributed by atoms with van der Waals surface area (Å²) in [6.07, 6.45) is 3.17. The highest BCUT2D eigenvalue weighted by molar-refractivity contribution is 4.59. The second-order valence-electron chi connectivity index (χ2n) is 3.66. The first kappa shape index (κ1) is 14.0. The number of nitrogens with one attached hydrogen (secondary N) is 5. The molecule has 0 spiro atoms. The molecule has 0 radical (unpaired) electrons. The van der Waals surface area contributed by atoms with Crippen LogP contribution in [0.4, 0.5) is 0 Å². The van der Waals surface area contributed by atoms with E-state index in [1.165, 1.54) is 0 Å². The summed E-state index contributed by atoms with van der Waals surface area (Å²) < 4.78 is 0. The number of aromatic nitrogens is 3. The third kappa shape index (κ3) is 9.88. The molecule has 0 bridgehead atoms. The summed E-state index contributed by atoms with van der Waals surface area (Å²) in [5.41, 5.74) is 0. The van der Waals surface area contributed by atoms with Gasteiger partial charge in [0, 0.05) is 52.4 Å². The molecule has 1 aromatic heterocycles. The van der Waals surface area contributed by atoms with Crippen LogP contribution in [0.25, 0.3) is 0 Å². The molecule has 17 heavy (non-hydrogen) atoms. The van der Waals surface area contributed by atoms with Crippen molar-refractivity contribution in [2.45, 2.75) is 0 Å². The summed E-state index contributed by atoms with van der Waals surface area (Å²) in [4.78, 5) is 0. The molecule has 7 nitrogen and oxygen atoms in total. The van der Waals surface area contributed by atoms with E-state index in [1.54, 1.807) is 12.4 Å². The van der Waals surface area contributed by atoms with Crippen LogP contribution in [0.3, 0.4) is 0 Å². The van der Waals surface area contributed by atoms with Crippen LogP contribution in [0.1, 0.15) is 0 Å². The van der Waals surface area contributed by atoms with Crippen molar-refractivity contribution < 1.29 is 0 Å². The molecule has 2 fully saturated rings. The topological polar surface area (TPSA) is 89.7 Å². The highest BCUT2D eigenvalue weighted by atomic mass is 15.3. The summed E-state index contributed by atoms with van der Waals surface area (Å²) >= 11 is 0. The summed E-state index contributed by atoms with van der Waals surface area (Å²) in [7, 11) is 0. The lowest BCUT2D eigenvalue weighted by molar-refractivity contribution is 0.534. The van der Waals surface area contributed by atoms with Crippen molar-refractivity contribution in [1.82, 2.24) is 36.7 Å². The first-order valence-corrected chi connectivity index (χ1v) is 6.13. The molecule has 2 saturated heterocycles. The van der Waals surface area contributed by atoms with Gasteiger partial charge in [0.25, 0.3) is 0 Å². The molecular formula is C10H23N7. The molecule has 0 aromatic carbocycles. The van der Waals surface area contributed by atoms with Gasteiger partial charge in [0.15, 0.2) is 0 Å². The molecule has 98 valence electrons. The van der Waals surface area contributed by atoms with Gasteiger partial charge in [-0.3, -0.25) is 0 Å². The molecule has 0 atom stereocenters. The van der Waals surface area contributed by atoms with Crippen molar-refractivity contribution in [2.24, 2.45) is 0 Å². The largest absolute Gasteiger partial charge is 0.314 e. The van der Waals surface area contributed by atoms with E-state index in [0.29, 0.717) is 0 Å². The van der Waals surface area contributed by atoms with Crippen LogP contribution in [0.5, 0.6) is 0 Å². The summed E-state index contributed by atoms with van der Waals surface area (Å²) in [6.45, 7) is 9.11. The number of H-pyrrole nitrogens is 1. The summed E-state index contributed by atoms with van der Waals surface area (Å²) in [5.74, 6) is 0. The molecular weight excluding hydrogens is 218 g/mol. The third-order valence-corrected chi connectivity index (χ3v) is 2.25. The Hall–Kier alpha value is -1.02. The fourth-order valence-electron chi connectivity index (χ4n) is 1.37. The average molecular weight is 241 g/mol. The predicted molar refractivity (Wildman–Crippen MR) is 67.9 cm³/mol. The van der Waals surface area contributed by atoms with Gasteiger partial charge in [0.05, 0.1) is 12.4 Å². The van der Waals surface area contributed by atoms with Crippen LogP contribution in [0.15, 0.2) is 12.4 Å². The Morgan fingerprint density at radius 3 is 0.941 bits per heavy atom. The lowest BCUT2D eigenvalue weighted by Gasteiger charge is -2.11. The van der Waals surface area contributed by atoms with Gasteiger partial charge in [-0.05, 0) is 0 Å². The van der Waals surface area contributed by atoms with Crippen LogP contribution in [-0.4, -0.2) is 67.8 Å². The molecule has 0 amide bonds. The summed E-state index contributed by atoms with van der Waals surface area (Å²) in [5, 5.41) is 22.2. The maximum Gasteiger partial charge on any atom is 0.0690 e. The van der Waals surface area contributed by atoms with Gasteiger partial charge in [-0.25, -0.2) is 0 Å². The number of nitrogens with zero attached hydrogens (tertiary/aromatic N) is 2. The van der Waals surface area contributed by atoms with Crippen molar-refractivity contribution in [3.63, 3.8) is 0 Å². The van der Waals surface area contributed by atoms with Gasteiger partial charge in [-0.2, -0.15) is 15.4 Å². The Morgan fingerprint density at radius 1 is 0.529 bits per heavy atom. The molecule has 0 saturated carbocycles. The maximum absolute atomic E-state index is 3.49. The molecule has 3 heterocycles. The Labute approximate surface area is 102 Å². The second kappa shape index (κ2) is 11.5. The van der Waals surface area contributed by atoms with Gasteiger partial charge in [-0.15, -0.1) is 0 Å². The van der Waals surface area contributed by atoms with Gasteiger partial charge in [0.1, 0.15) is 0 Å². The first-order valence-electron chi connectivity index (χ1n) is 6.13. The first-order chi connectivity index (χ1) is 8.50. The molecule has 2 aliphatic rings. The Balaban J connectivity index is 0.000000128. The van der Waals surface area contributed by atoms with Crippen LogP contribution < -0.4 is 21.3 Å². The summed E-state index contributed by atoms with van der Waals surface area (Å²) in [6, 6.07) is 0. The van der Waals surface area contributed by atoms with Crippen molar-refractivity contribution in [3.8, 4) is 0 Å². The van der Waals surface area contributed by atoms with Gasteiger partial charge < -0.3 is 21.3 Å². The molecule has 2 aliphatic heterocycles. The monoisotopic (exact) mass is 241 g/mol. The van der Waals surface area contributed by atoms with Crippen molar-refractivity contribution in [1.29, 1.82) is 0 Å². The maximum atomic E-state index is 3.49. The number of aromatic amines is 1. The van der Waals surface area contributed by atoms with Crippen molar-refractivity contribution in [3.05, 3.63) is 12.4 Å². The molecule has 1 aromatic rings. The van der Waals surface area contributed by atoms with Crippen molar-refractivity contribution >= 4 is 0 Å². The number of rotatable bonds is 0. The quantitative estimate of drug-likeness (QED) is 0.367. The van der Waals surface area contributed by atoms with Gasteiger partial charge in [-0.1, -0.05) is 0 Å². The van der Waals surface area contributed by atoms with Gasteiger partial charge in [0.2, 0.25) is 0 Å². The number of piperazine rings is 2. The van der Waals surface area contributed by atoms with E-state index in [2.05, 4.69) is 36.7 Å². The van der Waals surface area contributed by atoms with E-state index in [9.17, 15) is 0 Å². The minimum absolute atomic E-state index is 1.14. The van der Waals surface area contributed by atoms with E-state index < -0.39 is 0 Å². The Morgan fingerprint density at radius 2 is 0.824 bits per heavy atom. The van der Waals surface area contributed by atoms with Crippen molar-refractivity contribution in [2.75, 3.05) is 52.4 Å². The smallest absolute Gasteiger partial charge is 0.0690 e. The minimum atomic E-state index is 1.14. The molecule has 7 heteroatoms. The average Bonchev–Trinajstić information content (AvgIpc) is 3.03. The van der Waals surface area contributed by atoms with Gasteiger partial charge >= 0.3 is 0 Å². The lowest BCUT2D eigenvalue weighted by atomic mass is 10.4. The Kier molecular flexibility index (Phi) is 9.47. The molecule has 3 rings (SSSR count).